The van der Waals surface area contributed by atoms with Crippen LogP contribution in [0.15, 0.2) is 47.0 Å². The number of hydrogen-bond donors (Lipinski definition) is 1. The lowest BCUT2D eigenvalue weighted by Crippen LogP contribution is -1.95. The van der Waals surface area contributed by atoms with Crippen molar-refractivity contribution in [2.24, 2.45) is 0 Å². The first-order valence-electron chi connectivity index (χ1n) is 11.2. The second-order valence-electron chi connectivity index (χ2n) is 8.39. The Hall–Kier alpha value is -2.67. The largest absolute Gasteiger partial charge is 0.478 e. The number of benzene rings is 2. The number of halogens is 2. The number of aromatic nitrogens is 2. The Balaban J connectivity index is 1.25. The summed E-state index contributed by atoms with van der Waals surface area (Å²) in [5, 5.41) is 15.8. The first-order chi connectivity index (χ1) is 16.5. The molecule has 1 aliphatic carbocycles. The van der Waals surface area contributed by atoms with E-state index in [1.165, 1.54) is 11.3 Å². The third kappa shape index (κ3) is 4.76. The van der Waals surface area contributed by atoms with Crippen LogP contribution in [0.5, 0.6) is 0 Å². The molecule has 5 rings (SSSR count). The molecule has 0 spiro atoms. The normalized spacial score (nSPS) is 13.8. The van der Waals surface area contributed by atoms with Crippen LogP contribution in [0, 0.1) is 0 Å². The summed E-state index contributed by atoms with van der Waals surface area (Å²) in [6, 6.07) is 10.7. The summed E-state index contributed by atoms with van der Waals surface area (Å²) in [4.78, 5) is 16.0. The Morgan fingerprint density at radius 1 is 1.15 bits per heavy atom. The van der Waals surface area contributed by atoms with Crippen molar-refractivity contribution < 1.29 is 14.4 Å². The van der Waals surface area contributed by atoms with Gasteiger partial charge in [0, 0.05) is 17.0 Å². The molecule has 1 aliphatic rings. The van der Waals surface area contributed by atoms with E-state index < -0.39 is 5.97 Å². The van der Waals surface area contributed by atoms with Crippen LogP contribution in [0.1, 0.15) is 64.7 Å². The first-order valence-corrected chi connectivity index (χ1v) is 12.8. The van der Waals surface area contributed by atoms with Crippen molar-refractivity contribution in [2.75, 3.05) is 0 Å². The van der Waals surface area contributed by atoms with Crippen LogP contribution >= 0.6 is 34.5 Å². The third-order valence-electron chi connectivity index (χ3n) is 5.89. The number of carboxylic acids is 1. The summed E-state index contributed by atoms with van der Waals surface area (Å²) in [6.45, 7) is 0. The van der Waals surface area contributed by atoms with Gasteiger partial charge in [0.15, 0.2) is 0 Å². The van der Waals surface area contributed by atoms with Gasteiger partial charge in [-0.3, -0.25) is 0 Å². The fourth-order valence-electron chi connectivity index (χ4n) is 4.03. The molecule has 4 aromatic rings. The SMILES string of the molecule is O=C(O)c1cccc2nc(CCCC/C=C\c3c(-c4c(Cl)cccc4Cl)noc3C3CC3)sc12. The fraction of sp³-hybridized carbons (Fsp3) is 0.269. The maximum Gasteiger partial charge on any atom is 0.337 e. The number of unbranched alkanes of at least 4 members (excludes halogenated alkanes) is 2. The summed E-state index contributed by atoms with van der Waals surface area (Å²) in [5.74, 6) is 0.408. The molecule has 0 saturated heterocycles. The smallest absolute Gasteiger partial charge is 0.337 e. The van der Waals surface area contributed by atoms with Crippen molar-refractivity contribution in [3.05, 3.63) is 74.4 Å². The summed E-state index contributed by atoms with van der Waals surface area (Å²) in [6.07, 6.45) is 10.1. The molecule has 0 amide bonds. The van der Waals surface area contributed by atoms with Crippen LogP contribution in [0.4, 0.5) is 0 Å². The van der Waals surface area contributed by atoms with Gasteiger partial charge in [0.2, 0.25) is 0 Å². The summed E-state index contributed by atoms with van der Waals surface area (Å²) < 4.78 is 6.45. The highest BCUT2D eigenvalue weighted by Gasteiger charge is 2.32. The minimum atomic E-state index is -0.914. The van der Waals surface area contributed by atoms with Crippen LogP contribution in [0.3, 0.4) is 0 Å². The maximum atomic E-state index is 11.4. The molecule has 1 N–H and O–H groups in total. The number of nitrogens with zero attached hydrogens (tertiary/aromatic N) is 2. The van der Waals surface area contributed by atoms with Crippen LogP contribution < -0.4 is 0 Å². The van der Waals surface area contributed by atoms with E-state index in [0.29, 0.717) is 32.8 Å². The number of carbonyl (C=O) groups is 1. The van der Waals surface area contributed by atoms with E-state index in [0.717, 1.165) is 65.1 Å². The van der Waals surface area contributed by atoms with Crippen LogP contribution in [-0.2, 0) is 6.42 Å². The molecule has 2 heterocycles. The molecule has 0 aliphatic heterocycles. The van der Waals surface area contributed by atoms with Gasteiger partial charge in [0.05, 0.1) is 30.8 Å². The van der Waals surface area contributed by atoms with Crippen molar-refractivity contribution >= 4 is 56.8 Å². The van der Waals surface area contributed by atoms with E-state index in [1.807, 2.05) is 24.3 Å². The Bertz CT molecular complexity index is 1370. The van der Waals surface area contributed by atoms with Crippen molar-refractivity contribution in [1.29, 1.82) is 0 Å². The number of fused-ring (bicyclic) bond motifs is 1. The summed E-state index contributed by atoms with van der Waals surface area (Å²) in [5.41, 5.74) is 3.43. The molecule has 1 saturated carbocycles. The Kier molecular flexibility index (Phi) is 6.73. The lowest BCUT2D eigenvalue weighted by molar-refractivity contribution is 0.0699. The van der Waals surface area contributed by atoms with Gasteiger partial charge in [-0.25, -0.2) is 9.78 Å². The monoisotopic (exact) mass is 512 g/mol. The third-order valence-corrected chi connectivity index (χ3v) is 7.68. The first kappa shape index (κ1) is 23.1. The standard InChI is InChI=1S/C26H22Cl2N2O3S/c27-18-9-6-10-19(28)22(18)23-16(24(33-30-23)15-13-14-15)7-3-1-2-4-12-21-29-20-11-5-8-17(26(31)32)25(20)34-21/h3,5-11,15H,1-2,4,12-14H2,(H,31,32)/b7-3-. The summed E-state index contributed by atoms with van der Waals surface area (Å²) >= 11 is 14.3. The number of aryl methyl sites for hydroxylation is 1. The van der Waals surface area contributed by atoms with Crippen molar-refractivity contribution in [2.45, 2.75) is 44.4 Å². The van der Waals surface area contributed by atoms with E-state index in [1.54, 1.807) is 12.1 Å². The second-order valence-corrected chi connectivity index (χ2v) is 10.3. The molecule has 5 nitrogen and oxygen atoms in total. The number of allylic oxidation sites excluding steroid dienone is 1. The van der Waals surface area contributed by atoms with E-state index in [2.05, 4.69) is 22.3 Å². The number of carboxylic acid groups (broad SMARTS) is 1. The fourth-order valence-corrected chi connectivity index (χ4v) is 5.71. The molecule has 0 radical (unpaired) electrons. The Morgan fingerprint density at radius 2 is 1.91 bits per heavy atom. The van der Waals surface area contributed by atoms with Crippen molar-refractivity contribution in [3.63, 3.8) is 0 Å². The zero-order chi connectivity index (χ0) is 23.7. The molecular formula is C26H22Cl2N2O3S. The number of hydrogen-bond acceptors (Lipinski definition) is 5. The van der Waals surface area contributed by atoms with Gasteiger partial charge in [0.1, 0.15) is 11.5 Å². The summed E-state index contributed by atoms with van der Waals surface area (Å²) in [7, 11) is 0. The van der Waals surface area contributed by atoms with E-state index in [4.69, 9.17) is 27.7 Å². The zero-order valence-electron chi connectivity index (χ0n) is 18.3. The number of rotatable bonds is 9. The highest BCUT2D eigenvalue weighted by Crippen LogP contribution is 2.46. The van der Waals surface area contributed by atoms with Gasteiger partial charge in [0.25, 0.3) is 0 Å². The molecule has 0 bridgehead atoms. The maximum absolute atomic E-state index is 11.4. The minimum absolute atomic E-state index is 0.318. The van der Waals surface area contributed by atoms with Crippen LogP contribution in [0.2, 0.25) is 10.0 Å². The average Bonchev–Trinajstić information content (AvgIpc) is 3.44. The predicted octanol–water partition coefficient (Wildman–Crippen LogP) is 8.26. The van der Waals surface area contributed by atoms with E-state index in [-0.39, 0.29) is 0 Å². The van der Waals surface area contributed by atoms with Crippen molar-refractivity contribution in [1.82, 2.24) is 10.1 Å². The van der Waals surface area contributed by atoms with Gasteiger partial charge < -0.3 is 9.63 Å². The van der Waals surface area contributed by atoms with Gasteiger partial charge in [-0.2, -0.15) is 0 Å². The van der Waals surface area contributed by atoms with Gasteiger partial charge >= 0.3 is 5.97 Å². The molecule has 8 heteroatoms. The number of thiazole rings is 1. The molecular weight excluding hydrogens is 491 g/mol. The molecule has 0 unspecified atom stereocenters. The lowest BCUT2D eigenvalue weighted by atomic mass is 10.0. The highest BCUT2D eigenvalue weighted by atomic mass is 35.5. The topological polar surface area (TPSA) is 76.2 Å². The number of aromatic carboxylic acids is 1. The molecule has 1 fully saturated rings. The van der Waals surface area contributed by atoms with Crippen LogP contribution in [-0.4, -0.2) is 21.2 Å². The second kappa shape index (κ2) is 9.90. The predicted molar refractivity (Wildman–Crippen MR) is 137 cm³/mol. The Labute approximate surface area is 211 Å². The average molecular weight is 513 g/mol. The highest BCUT2D eigenvalue weighted by molar-refractivity contribution is 7.19. The molecule has 174 valence electrons. The van der Waals surface area contributed by atoms with Gasteiger partial charge in [-0.1, -0.05) is 52.6 Å². The quantitative estimate of drug-likeness (QED) is 0.228. The van der Waals surface area contributed by atoms with Gasteiger partial charge in [-0.15, -0.1) is 11.3 Å². The van der Waals surface area contributed by atoms with E-state index >= 15 is 0 Å². The molecule has 0 atom stereocenters. The lowest BCUT2D eigenvalue weighted by Gasteiger charge is -2.05. The van der Waals surface area contributed by atoms with E-state index in [9.17, 15) is 9.90 Å². The molecule has 2 aromatic heterocycles. The van der Waals surface area contributed by atoms with Gasteiger partial charge in [-0.05, 0) is 62.8 Å². The van der Waals surface area contributed by atoms with Crippen molar-refractivity contribution in [3.8, 4) is 11.3 Å². The Morgan fingerprint density at radius 3 is 2.65 bits per heavy atom. The minimum Gasteiger partial charge on any atom is -0.478 e. The molecule has 34 heavy (non-hydrogen) atoms. The molecule has 2 aromatic carbocycles. The zero-order valence-corrected chi connectivity index (χ0v) is 20.6. The van der Waals surface area contributed by atoms with Crippen LogP contribution in [0.25, 0.3) is 27.6 Å².